The van der Waals surface area contributed by atoms with E-state index in [2.05, 4.69) is 0 Å². The molecule has 0 atom stereocenters. The minimum absolute atomic E-state index is 0.0657. The molecule has 0 aliphatic heterocycles. The maximum Gasteiger partial charge on any atom is 0.261 e. The first-order valence-corrected chi connectivity index (χ1v) is 7.15. The zero-order chi connectivity index (χ0) is 11.8. The Morgan fingerprint density at radius 2 is 2.12 bits per heavy atom. The lowest BCUT2D eigenvalue weighted by atomic mass is 10.3. The predicted molar refractivity (Wildman–Crippen MR) is 57.7 cm³/mol. The molecule has 1 aliphatic rings. The summed E-state index contributed by atoms with van der Waals surface area (Å²) in [5.41, 5.74) is 0. The second kappa shape index (κ2) is 4.22. The summed E-state index contributed by atoms with van der Waals surface area (Å²) in [5, 5.41) is 0. The molecule has 6 heteroatoms. The second-order valence-corrected chi connectivity index (χ2v) is 6.35. The van der Waals surface area contributed by atoms with Crippen molar-refractivity contribution in [3.8, 4) is 5.75 Å². The highest BCUT2D eigenvalue weighted by atomic mass is 35.7. The highest BCUT2D eigenvalue weighted by Gasteiger charge is 2.22. The van der Waals surface area contributed by atoms with Gasteiger partial charge in [0.15, 0.2) is 11.6 Å². The van der Waals surface area contributed by atoms with Gasteiger partial charge in [0.1, 0.15) is 0 Å². The van der Waals surface area contributed by atoms with Crippen molar-refractivity contribution in [3.05, 3.63) is 24.0 Å². The van der Waals surface area contributed by atoms with E-state index in [4.69, 9.17) is 15.4 Å². The summed E-state index contributed by atoms with van der Waals surface area (Å²) in [4.78, 5) is -0.259. The lowest BCUT2D eigenvalue weighted by Crippen LogP contribution is -2.01. The fraction of sp³-hybridized carbons (Fsp3) is 0.400. The van der Waals surface area contributed by atoms with Gasteiger partial charge in [-0.3, -0.25) is 0 Å². The Balaban J connectivity index is 2.15. The SMILES string of the molecule is O=S(=O)(Cl)c1ccc(OCC2CC2)c(F)c1. The van der Waals surface area contributed by atoms with Crippen LogP contribution in [-0.2, 0) is 9.05 Å². The largest absolute Gasteiger partial charge is 0.490 e. The van der Waals surface area contributed by atoms with Gasteiger partial charge in [0, 0.05) is 10.7 Å². The lowest BCUT2D eigenvalue weighted by molar-refractivity contribution is 0.285. The molecule has 1 saturated carbocycles. The van der Waals surface area contributed by atoms with E-state index in [0.717, 1.165) is 18.9 Å². The number of rotatable bonds is 4. The van der Waals surface area contributed by atoms with Crippen molar-refractivity contribution in [2.75, 3.05) is 6.61 Å². The summed E-state index contributed by atoms with van der Waals surface area (Å²) in [7, 11) is 1.20. The molecule has 3 nitrogen and oxygen atoms in total. The molecule has 0 aromatic heterocycles. The normalized spacial score (nSPS) is 16.1. The van der Waals surface area contributed by atoms with Crippen LogP contribution in [0.4, 0.5) is 4.39 Å². The van der Waals surface area contributed by atoms with Gasteiger partial charge < -0.3 is 4.74 Å². The number of benzene rings is 1. The Morgan fingerprint density at radius 1 is 1.44 bits per heavy atom. The molecule has 1 fully saturated rings. The molecule has 0 amide bonds. The first-order valence-electron chi connectivity index (χ1n) is 4.84. The summed E-state index contributed by atoms with van der Waals surface area (Å²) in [6, 6.07) is 3.38. The van der Waals surface area contributed by atoms with Crippen LogP contribution in [-0.4, -0.2) is 15.0 Å². The van der Waals surface area contributed by atoms with Gasteiger partial charge in [0.25, 0.3) is 9.05 Å². The van der Waals surface area contributed by atoms with Crippen molar-refractivity contribution >= 4 is 19.7 Å². The van der Waals surface area contributed by atoms with Crippen LogP contribution in [0.3, 0.4) is 0 Å². The molecule has 88 valence electrons. The molecular weight excluding hydrogens is 255 g/mol. The molecule has 0 heterocycles. The van der Waals surface area contributed by atoms with Crippen LogP contribution in [0.25, 0.3) is 0 Å². The van der Waals surface area contributed by atoms with Gasteiger partial charge in [-0.05, 0) is 37.0 Å². The van der Waals surface area contributed by atoms with E-state index < -0.39 is 14.9 Å². The van der Waals surface area contributed by atoms with E-state index in [0.29, 0.717) is 12.5 Å². The van der Waals surface area contributed by atoms with Gasteiger partial charge in [0.2, 0.25) is 0 Å². The Kier molecular flexibility index (Phi) is 3.08. The van der Waals surface area contributed by atoms with E-state index in [1.165, 1.54) is 12.1 Å². The molecule has 0 N–H and O–H groups in total. The molecule has 16 heavy (non-hydrogen) atoms. The first kappa shape index (κ1) is 11.7. The summed E-state index contributed by atoms with van der Waals surface area (Å²) >= 11 is 0. The Labute approximate surface area is 97.6 Å². The molecule has 0 bridgehead atoms. The third-order valence-corrected chi connectivity index (χ3v) is 3.71. The summed E-state index contributed by atoms with van der Waals surface area (Å²) in [6.07, 6.45) is 2.21. The molecule has 2 rings (SSSR count). The van der Waals surface area contributed by atoms with Crippen molar-refractivity contribution in [3.63, 3.8) is 0 Å². The Hall–Kier alpha value is -0.810. The smallest absolute Gasteiger partial charge is 0.261 e. The van der Waals surface area contributed by atoms with Crippen LogP contribution < -0.4 is 4.74 Å². The summed E-state index contributed by atoms with van der Waals surface area (Å²) in [6.45, 7) is 0.476. The van der Waals surface area contributed by atoms with Crippen molar-refractivity contribution in [1.29, 1.82) is 0 Å². The summed E-state index contributed by atoms with van der Waals surface area (Å²) in [5.74, 6) is -0.130. The van der Waals surface area contributed by atoms with E-state index >= 15 is 0 Å². The number of hydrogen-bond acceptors (Lipinski definition) is 3. The van der Waals surface area contributed by atoms with Gasteiger partial charge in [-0.2, -0.15) is 0 Å². The van der Waals surface area contributed by atoms with E-state index in [1.807, 2.05) is 0 Å². The fourth-order valence-corrected chi connectivity index (χ4v) is 2.01. The molecule has 0 saturated heterocycles. The van der Waals surface area contributed by atoms with Gasteiger partial charge in [0.05, 0.1) is 11.5 Å². The molecule has 1 aliphatic carbocycles. The van der Waals surface area contributed by atoms with Gasteiger partial charge in [-0.25, -0.2) is 12.8 Å². The minimum Gasteiger partial charge on any atom is -0.490 e. The van der Waals surface area contributed by atoms with Crippen molar-refractivity contribution < 1.29 is 17.5 Å². The molecular formula is C10H10ClFO3S. The standard InChI is InChI=1S/C10H10ClFO3S/c11-16(13,14)8-3-4-10(9(12)5-8)15-6-7-1-2-7/h3-5,7H,1-2,6H2. The average molecular weight is 265 g/mol. The highest BCUT2D eigenvalue weighted by Crippen LogP contribution is 2.30. The van der Waals surface area contributed by atoms with Crippen LogP contribution >= 0.6 is 10.7 Å². The quantitative estimate of drug-likeness (QED) is 0.785. The maximum absolute atomic E-state index is 13.4. The van der Waals surface area contributed by atoms with Gasteiger partial charge in [-0.15, -0.1) is 0 Å². The molecule has 0 unspecified atom stereocenters. The second-order valence-electron chi connectivity index (χ2n) is 3.78. The van der Waals surface area contributed by atoms with Crippen LogP contribution in [0.2, 0.25) is 0 Å². The minimum atomic E-state index is -3.88. The van der Waals surface area contributed by atoms with E-state index in [-0.39, 0.29) is 10.6 Å². The Morgan fingerprint density at radius 3 is 2.62 bits per heavy atom. The average Bonchev–Trinajstić information content (AvgIpc) is 2.98. The van der Waals surface area contributed by atoms with E-state index in [1.54, 1.807) is 0 Å². The fourth-order valence-electron chi connectivity index (χ4n) is 1.24. The van der Waals surface area contributed by atoms with Crippen LogP contribution in [0.1, 0.15) is 12.8 Å². The van der Waals surface area contributed by atoms with E-state index in [9.17, 15) is 12.8 Å². The van der Waals surface area contributed by atoms with Crippen molar-refractivity contribution in [1.82, 2.24) is 0 Å². The number of hydrogen-bond donors (Lipinski definition) is 0. The highest BCUT2D eigenvalue weighted by molar-refractivity contribution is 8.13. The van der Waals surface area contributed by atoms with Crippen molar-refractivity contribution in [2.24, 2.45) is 5.92 Å². The van der Waals surface area contributed by atoms with Crippen LogP contribution in [0.15, 0.2) is 23.1 Å². The van der Waals surface area contributed by atoms with Gasteiger partial charge >= 0.3 is 0 Å². The molecule has 1 aromatic carbocycles. The lowest BCUT2D eigenvalue weighted by Gasteiger charge is -2.06. The van der Waals surface area contributed by atoms with Crippen molar-refractivity contribution in [2.45, 2.75) is 17.7 Å². The molecule has 1 aromatic rings. The van der Waals surface area contributed by atoms with Gasteiger partial charge in [-0.1, -0.05) is 0 Å². The predicted octanol–water partition coefficient (Wildman–Crippen LogP) is 2.54. The topological polar surface area (TPSA) is 43.4 Å². The number of halogens is 2. The number of ether oxygens (including phenoxy) is 1. The zero-order valence-corrected chi connectivity index (χ0v) is 9.89. The molecule has 0 radical (unpaired) electrons. The maximum atomic E-state index is 13.4. The Bertz CT molecular complexity index is 497. The third-order valence-electron chi connectivity index (χ3n) is 2.36. The summed E-state index contributed by atoms with van der Waals surface area (Å²) < 4.78 is 40.5. The first-order chi connectivity index (χ1) is 7.47. The third kappa shape index (κ3) is 2.86. The van der Waals surface area contributed by atoms with Crippen LogP contribution in [0, 0.1) is 11.7 Å². The molecule has 0 spiro atoms. The monoisotopic (exact) mass is 264 g/mol. The zero-order valence-electron chi connectivity index (χ0n) is 8.32. The van der Waals surface area contributed by atoms with Crippen LogP contribution in [0.5, 0.6) is 5.75 Å².